The first-order chi connectivity index (χ1) is 10.2. The fourth-order valence-corrected chi connectivity index (χ4v) is 2.83. The zero-order valence-electron chi connectivity index (χ0n) is 13.7. The maximum Gasteiger partial charge on any atom is 0.133 e. The molecule has 0 radical (unpaired) electrons. The molecule has 2 heterocycles. The molecule has 0 amide bonds. The van der Waals surface area contributed by atoms with Crippen LogP contribution in [0.25, 0.3) is 0 Å². The molecular weight excluding hydrogens is 262 g/mol. The summed E-state index contributed by atoms with van der Waals surface area (Å²) in [6.07, 6.45) is 4.67. The molecule has 0 aromatic carbocycles. The number of likely N-dealkylation sites (tertiary alicyclic amines) is 1. The van der Waals surface area contributed by atoms with E-state index in [4.69, 9.17) is 0 Å². The standard InChI is InChI=1S/C16H29N5/c1-4-8-14-19-15(17-5-2)11-16(20-14)18-13(3)12-21-9-6-7-10-21/h11,13H,4-10,12H2,1-3H3,(H2,17,18,19,20). The number of hydrogen-bond acceptors (Lipinski definition) is 5. The third kappa shape index (κ3) is 5.16. The second-order valence-electron chi connectivity index (χ2n) is 5.89. The van der Waals surface area contributed by atoms with Crippen LogP contribution >= 0.6 is 0 Å². The summed E-state index contributed by atoms with van der Waals surface area (Å²) >= 11 is 0. The lowest BCUT2D eigenvalue weighted by Crippen LogP contribution is -2.33. The number of aromatic nitrogens is 2. The maximum atomic E-state index is 4.64. The van der Waals surface area contributed by atoms with Crippen LogP contribution in [0.15, 0.2) is 6.07 Å². The van der Waals surface area contributed by atoms with E-state index in [0.717, 1.165) is 43.4 Å². The molecule has 21 heavy (non-hydrogen) atoms. The number of anilines is 2. The van der Waals surface area contributed by atoms with Crippen molar-refractivity contribution in [3.8, 4) is 0 Å². The molecule has 1 aliphatic heterocycles. The first-order valence-corrected chi connectivity index (χ1v) is 8.32. The first-order valence-electron chi connectivity index (χ1n) is 8.32. The highest BCUT2D eigenvalue weighted by molar-refractivity contribution is 5.48. The van der Waals surface area contributed by atoms with Crippen molar-refractivity contribution in [3.63, 3.8) is 0 Å². The summed E-state index contributed by atoms with van der Waals surface area (Å²) in [6, 6.07) is 2.42. The van der Waals surface area contributed by atoms with Gasteiger partial charge in [-0.25, -0.2) is 9.97 Å². The van der Waals surface area contributed by atoms with Crippen molar-refractivity contribution >= 4 is 11.6 Å². The minimum Gasteiger partial charge on any atom is -0.370 e. The Bertz CT molecular complexity index is 404. The molecule has 1 saturated heterocycles. The quantitative estimate of drug-likeness (QED) is 0.771. The third-order valence-electron chi connectivity index (χ3n) is 3.73. The second-order valence-corrected chi connectivity index (χ2v) is 5.89. The van der Waals surface area contributed by atoms with E-state index in [1.165, 1.54) is 25.9 Å². The van der Waals surface area contributed by atoms with Gasteiger partial charge in [-0.15, -0.1) is 0 Å². The van der Waals surface area contributed by atoms with Crippen LogP contribution < -0.4 is 10.6 Å². The Morgan fingerprint density at radius 3 is 2.57 bits per heavy atom. The number of nitrogens with zero attached hydrogens (tertiary/aromatic N) is 3. The van der Waals surface area contributed by atoms with Crippen LogP contribution in [0, 0.1) is 0 Å². The SMILES string of the molecule is CCCc1nc(NCC)cc(NC(C)CN2CCCC2)n1. The van der Waals surface area contributed by atoms with Crippen LogP contribution in [0.1, 0.15) is 45.9 Å². The van der Waals surface area contributed by atoms with E-state index in [9.17, 15) is 0 Å². The second kappa shape index (κ2) is 8.17. The van der Waals surface area contributed by atoms with E-state index in [1.54, 1.807) is 0 Å². The molecule has 5 nitrogen and oxygen atoms in total. The van der Waals surface area contributed by atoms with E-state index in [1.807, 2.05) is 6.07 Å². The van der Waals surface area contributed by atoms with Crippen LogP contribution in [0.4, 0.5) is 11.6 Å². The van der Waals surface area contributed by atoms with Crippen molar-refractivity contribution < 1.29 is 0 Å². The number of rotatable bonds is 8. The molecule has 1 aromatic heterocycles. The van der Waals surface area contributed by atoms with Gasteiger partial charge in [-0.3, -0.25) is 0 Å². The van der Waals surface area contributed by atoms with Crippen molar-refractivity contribution in [2.45, 2.75) is 52.5 Å². The first kappa shape index (κ1) is 16.0. The predicted octanol–water partition coefficient (Wildman–Crippen LogP) is 2.76. The minimum atomic E-state index is 0.405. The lowest BCUT2D eigenvalue weighted by molar-refractivity contribution is 0.327. The van der Waals surface area contributed by atoms with Crippen molar-refractivity contribution in [2.24, 2.45) is 0 Å². The Labute approximate surface area is 128 Å². The van der Waals surface area contributed by atoms with E-state index >= 15 is 0 Å². The monoisotopic (exact) mass is 291 g/mol. The third-order valence-corrected chi connectivity index (χ3v) is 3.73. The Morgan fingerprint density at radius 1 is 1.19 bits per heavy atom. The Morgan fingerprint density at radius 2 is 1.90 bits per heavy atom. The lowest BCUT2D eigenvalue weighted by atomic mass is 10.3. The van der Waals surface area contributed by atoms with Gasteiger partial charge in [-0.05, 0) is 46.2 Å². The Balaban J connectivity index is 1.99. The molecule has 0 aliphatic carbocycles. The van der Waals surface area contributed by atoms with E-state index in [-0.39, 0.29) is 0 Å². The molecular formula is C16H29N5. The smallest absolute Gasteiger partial charge is 0.133 e. The summed E-state index contributed by atoms with van der Waals surface area (Å²) in [5, 5.41) is 6.83. The molecule has 2 rings (SSSR count). The maximum absolute atomic E-state index is 4.64. The van der Waals surface area contributed by atoms with Crippen LogP contribution in [0.5, 0.6) is 0 Å². The van der Waals surface area contributed by atoms with Crippen molar-refractivity contribution in [1.82, 2.24) is 14.9 Å². The zero-order chi connectivity index (χ0) is 15.1. The van der Waals surface area contributed by atoms with Gasteiger partial charge in [0.25, 0.3) is 0 Å². The normalized spacial score (nSPS) is 16.9. The molecule has 5 heteroatoms. The average molecular weight is 291 g/mol. The van der Waals surface area contributed by atoms with Crippen LogP contribution in [-0.2, 0) is 6.42 Å². The summed E-state index contributed by atoms with van der Waals surface area (Å²) in [5.41, 5.74) is 0. The summed E-state index contributed by atoms with van der Waals surface area (Å²) in [7, 11) is 0. The predicted molar refractivity (Wildman–Crippen MR) is 88.9 cm³/mol. The van der Waals surface area contributed by atoms with Gasteiger partial charge in [0.05, 0.1) is 0 Å². The Kier molecular flexibility index (Phi) is 6.23. The minimum absolute atomic E-state index is 0.405. The molecule has 0 bridgehead atoms. The molecule has 118 valence electrons. The number of nitrogens with one attached hydrogen (secondary N) is 2. The van der Waals surface area contributed by atoms with Gasteiger partial charge in [0, 0.05) is 31.6 Å². The Hall–Kier alpha value is -1.36. The molecule has 0 spiro atoms. The summed E-state index contributed by atoms with van der Waals surface area (Å²) < 4.78 is 0. The molecule has 0 saturated carbocycles. The van der Waals surface area contributed by atoms with Crippen LogP contribution in [0.3, 0.4) is 0 Å². The van der Waals surface area contributed by atoms with Gasteiger partial charge in [0.2, 0.25) is 0 Å². The molecule has 1 atom stereocenters. The average Bonchev–Trinajstić information content (AvgIpc) is 2.91. The number of hydrogen-bond donors (Lipinski definition) is 2. The zero-order valence-corrected chi connectivity index (χ0v) is 13.7. The van der Waals surface area contributed by atoms with E-state index in [2.05, 4.69) is 46.3 Å². The van der Waals surface area contributed by atoms with Gasteiger partial charge in [-0.1, -0.05) is 6.92 Å². The number of aryl methyl sites for hydroxylation is 1. The van der Waals surface area contributed by atoms with Gasteiger partial charge in [0.1, 0.15) is 17.5 Å². The van der Waals surface area contributed by atoms with Crippen molar-refractivity contribution in [1.29, 1.82) is 0 Å². The largest absolute Gasteiger partial charge is 0.370 e. The summed E-state index contributed by atoms with van der Waals surface area (Å²) in [5.74, 6) is 2.79. The molecule has 1 unspecified atom stereocenters. The highest BCUT2D eigenvalue weighted by Crippen LogP contribution is 2.15. The lowest BCUT2D eigenvalue weighted by Gasteiger charge is -2.22. The molecule has 1 aromatic rings. The van der Waals surface area contributed by atoms with Crippen LogP contribution in [-0.4, -0.2) is 47.1 Å². The van der Waals surface area contributed by atoms with Crippen molar-refractivity contribution in [2.75, 3.05) is 36.8 Å². The van der Waals surface area contributed by atoms with Gasteiger partial charge >= 0.3 is 0 Å². The van der Waals surface area contributed by atoms with Crippen LogP contribution in [0.2, 0.25) is 0 Å². The fourth-order valence-electron chi connectivity index (χ4n) is 2.83. The molecule has 1 aliphatic rings. The van der Waals surface area contributed by atoms with E-state index in [0.29, 0.717) is 6.04 Å². The molecule has 1 fully saturated rings. The topological polar surface area (TPSA) is 53.1 Å². The summed E-state index contributed by atoms with van der Waals surface area (Å²) in [4.78, 5) is 11.7. The molecule has 2 N–H and O–H groups in total. The highest BCUT2D eigenvalue weighted by Gasteiger charge is 2.15. The van der Waals surface area contributed by atoms with Gasteiger partial charge in [-0.2, -0.15) is 0 Å². The fraction of sp³-hybridized carbons (Fsp3) is 0.750. The van der Waals surface area contributed by atoms with E-state index < -0.39 is 0 Å². The summed E-state index contributed by atoms with van der Waals surface area (Å²) in [6.45, 7) is 10.9. The highest BCUT2D eigenvalue weighted by atomic mass is 15.2. The van der Waals surface area contributed by atoms with Gasteiger partial charge < -0.3 is 15.5 Å². The van der Waals surface area contributed by atoms with Gasteiger partial charge in [0.15, 0.2) is 0 Å². The van der Waals surface area contributed by atoms with Crippen molar-refractivity contribution in [3.05, 3.63) is 11.9 Å².